The van der Waals surface area contributed by atoms with Crippen LogP contribution in [0.3, 0.4) is 0 Å². The van der Waals surface area contributed by atoms with Crippen molar-refractivity contribution in [3.05, 3.63) is 29.8 Å². The SMILES string of the molecule is CCCOCC(CC)c1ccc(OC)cc1. The topological polar surface area (TPSA) is 18.5 Å². The summed E-state index contributed by atoms with van der Waals surface area (Å²) < 4.78 is 10.8. The van der Waals surface area contributed by atoms with Gasteiger partial charge in [-0.2, -0.15) is 0 Å². The van der Waals surface area contributed by atoms with Gasteiger partial charge in [-0.3, -0.25) is 0 Å². The highest BCUT2D eigenvalue weighted by Gasteiger charge is 2.09. The Morgan fingerprint density at radius 2 is 1.81 bits per heavy atom. The zero-order chi connectivity index (χ0) is 11.8. The molecule has 1 aromatic carbocycles. The molecule has 0 aliphatic heterocycles. The molecule has 0 aliphatic rings. The third-order valence-corrected chi connectivity index (χ3v) is 2.75. The monoisotopic (exact) mass is 222 g/mol. The van der Waals surface area contributed by atoms with E-state index in [9.17, 15) is 0 Å². The summed E-state index contributed by atoms with van der Waals surface area (Å²) in [7, 11) is 1.69. The van der Waals surface area contributed by atoms with Gasteiger partial charge in [-0.15, -0.1) is 0 Å². The molecule has 1 aromatic rings. The lowest BCUT2D eigenvalue weighted by atomic mass is 9.97. The van der Waals surface area contributed by atoms with Crippen LogP contribution >= 0.6 is 0 Å². The summed E-state index contributed by atoms with van der Waals surface area (Å²) in [6.07, 6.45) is 2.19. The summed E-state index contributed by atoms with van der Waals surface area (Å²) in [6.45, 7) is 6.00. The number of benzene rings is 1. The third kappa shape index (κ3) is 3.86. The zero-order valence-electron chi connectivity index (χ0n) is 10.5. The van der Waals surface area contributed by atoms with Crippen molar-refractivity contribution in [3.8, 4) is 5.75 Å². The number of hydrogen-bond acceptors (Lipinski definition) is 2. The molecule has 0 heterocycles. The fraction of sp³-hybridized carbons (Fsp3) is 0.571. The maximum Gasteiger partial charge on any atom is 0.118 e. The Morgan fingerprint density at radius 1 is 1.12 bits per heavy atom. The lowest BCUT2D eigenvalue weighted by molar-refractivity contribution is 0.119. The molecule has 0 radical (unpaired) electrons. The Labute approximate surface area is 98.6 Å². The van der Waals surface area contributed by atoms with Crippen molar-refractivity contribution in [2.75, 3.05) is 20.3 Å². The van der Waals surface area contributed by atoms with E-state index in [-0.39, 0.29) is 0 Å². The van der Waals surface area contributed by atoms with Crippen LogP contribution in [0.2, 0.25) is 0 Å². The molecule has 1 rings (SSSR count). The fourth-order valence-electron chi connectivity index (χ4n) is 1.70. The second kappa shape index (κ2) is 7.29. The van der Waals surface area contributed by atoms with Crippen LogP contribution in [-0.2, 0) is 4.74 Å². The zero-order valence-corrected chi connectivity index (χ0v) is 10.5. The van der Waals surface area contributed by atoms with Crippen LogP contribution in [0.4, 0.5) is 0 Å². The Morgan fingerprint density at radius 3 is 2.31 bits per heavy atom. The molecule has 0 amide bonds. The molecule has 0 saturated heterocycles. The second-order valence-corrected chi connectivity index (χ2v) is 3.95. The smallest absolute Gasteiger partial charge is 0.118 e. The first-order valence-corrected chi connectivity index (χ1v) is 6.03. The van der Waals surface area contributed by atoms with Crippen molar-refractivity contribution in [1.29, 1.82) is 0 Å². The van der Waals surface area contributed by atoms with E-state index in [1.165, 1.54) is 5.56 Å². The first-order chi connectivity index (χ1) is 7.81. The molecule has 1 atom stereocenters. The molecular weight excluding hydrogens is 200 g/mol. The van der Waals surface area contributed by atoms with Gasteiger partial charge < -0.3 is 9.47 Å². The lowest BCUT2D eigenvalue weighted by Gasteiger charge is -2.15. The van der Waals surface area contributed by atoms with E-state index in [4.69, 9.17) is 9.47 Å². The lowest BCUT2D eigenvalue weighted by Crippen LogP contribution is -2.07. The van der Waals surface area contributed by atoms with Gasteiger partial charge in [0.05, 0.1) is 13.7 Å². The van der Waals surface area contributed by atoms with Crippen molar-refractivity contribution in [2.45, 2.75) is 32.6 Å². The summed E-state index contributed by atoms with van der Waals surface area (Å²) in [4.78, 5) is 0. The minimum Gasteiger partial charge on any atom is -0.497 e. The highest BCUT2D eigenvalue weighted by Crippen LogP contribution is 2.22. The molecule has 1 unspecified atom stereocenters. The van der Waals surface area contributed by atoms with Crippen LogP contribution in [0.1, 0.15) is 38.2 Å². The molecule has 16 heavy (non-hydrogen) atoms. The number of rotatable bonds is 7. The first kappa shape index (κ1) is 13.0. The van der Waals surface area contributed by atoms with Crippen LogP contribution in [0.5, 0.6) is 5.75 Å². The third-order valence-electron chi connectivity index (χ3n) is 2.75. The summed E-state index contributed by atoms with van der Waals surface area (Å²) in [5.41, 5.74) is 1.33. The largest absolute Gasteiger partial charge is 0.497 e. The molecule has 0 fully saturated rings. The van der Waals surface area contributed by atoms with Crippen LogP contribution < -0.4 is 4.74 Å². The van der Waals surface area contributed by atoms with E-state index in [0.29, 0.717) is 5.92 Å². The maximum absolute atomic E-state index is 5.62. The van der Waals surface area contributed by atoms with Crippen LogP contribution in [-0.4, -0.2) is 20.3 Å². The molecule has 0 N–H and O–H groups in total. The molecule has 2 nitrogen and oxygen atoms in total. The average Bonchev–Trinajstić information content (AvgIpc) is 2.35. The van der Waals surface area contributed by atoms with Gasteiger partial charge >= 0.3 is 0 Å². The maximum atomic E-state index is 5.62. The Balaban J connectivity index is 2.56. The minimum absolute atomic E-state index is 0.498. The fourth-order valence-corrected chi connectivity index (χ4v) is 1.70. The van der Waals surface area contributed by atoms with Crippen molar-refractivity contribution in [2.24, 2.45) is 0 Å². The molecular formula is C14H22O2. The van der Waals surface area contributed by atoms with Gasteiger partial charge in [0.25, 0.3) is 0 Å². The molecule has 0 spiro atoms. The van der Waals surface area contributed by atoms with Gasteiger partial charge in [0.15, 0.2) is 0 Å². The predicted molar refractivity (Wildman–Crippen MR) is 67.1 cm³/mol. The summed E-state index contributed by atoms with van der Waals surface area (Å²) in [6, 6.07) is 8.28. The van der Waals surface area contributed by atoms with E-state index >= 15 is 0 Å². The summed E-state index contributed by atoms with van der Waals surface area (Å²) in [5.74, 6) is 1.41. The normalized spacial score (nSPS) is 12.4. The highest BCUT2D eigenvalue weighted by molar-refractivity contribution is 5.29. The Hall–Kier alpha value is -1.02. The van der Waals surface area contributed by atoms with Gasteiger partial charge in [0.1, 0.15) is 5.75 Å². The van der Waals surface area contributed by atoms with Gasteiger partial charge in [-0.25, -0.2) is 0 Å². The van der Waals surface area contributed by atoms with Gasteiger partial charge in [-0.05, 0) is 30.5 Å². The molecule has 0 aromatic heterocycles. The van der Waals surface area contributed by atoms with Crippen molar-refractivity contribution in [1.82, 2.24) is 0 Å². The van der Waals surface area contributed by atoms with Crippen molar-refractivity contribution < 1.29 is 9.47 Å². The van der Waals surface area contributed by atoms with Crippen LogP contribution in [0.15, 0.2) is 24.3 Å². The Bertz CT molecular complexity index is 279. The minimum atomic E-state index is 0.498. The number of ether oxygens (including phenoxy) is 2. The van der Waals surface area contributed by atoms with E-state index in [1.54, 1.807) is 7.11 Å². The standard InChI is InChI=1S/C14H22O2/c1-4-10-16-11-12(5-2)13-6-8-14(15-3)9-7-13/h6-9,12H,4-5,10-11H2,1-3H3. The predicted octanol–water partition coefficient (Wildman–Crippen LogP) is 3.62. The van der Waals surface area contributed by atoms with Crippen LogP contribution in [0.25, 0.3) is 0 Å². The van der Waals surface area contributed by atoms with E-state index in [0.717, 1.165) is 31.8 Å². The molecule has 0 bridgehead atoms. The van der Waals surface area contributed by atoms with E-state index in [2.05, 4.69) is 26.0 Å². The molecule has 90 valence electrons. The number of hydrogen-bond donors (Lipinski definition) is 0. The molecule has 2 heteroatoms. The van der Waals surface area contributed by atoms with E-state index < -0.39 is 0 Å². The van der Waals surface area contributed by atoms with Crippen molar-refractivity contribution >= 4 is 0 Å². The van der Waals surface area contributed by atoms with Crippen LogP contribution in [0, 0.1) is 0 Å². The quantitative estimate of drug-likeness (QED) is 0.656. The molecule has 0 aliphatic carbocycles. The molecule has 0 saturated carbocycles. The second-order valence-electron chi connectivity index (χ2n) is 3.95. The number of methoxy groups -OCH3 is 1. The summed E-state index contributed by atoms with van der Waals surface area (Å²) >= 11 is 0. The van der Waals surface area contributed by atoms with Gasteiger partial charge in [0.2, 0.25) is 0 Å². The first-order valence-electron chi connectivity index (χ1n) is 6.03. The highest BCUT2D eigenvalue weighted by atomic mass is 16.5. The Kier molecular flexibility index (Phi) is 5.94. The van der Waals surface area contributed by atoms with Crippen molar-refractivity contribution in [3.63, 3.8) is 0 Å². The summed E-state index contributed by atoms with van der Waals surface area (Å²) in [5, 5.41) is 0. The van der Waals surface area contributed by atoms with Gasteiger partial charge in [0, 0.05) is 12.5 Å². The average molecular weight is 222 g/mol. The van der Waals surface area contributed by atoms with Gasteiger partial charge in [-0.1, -0.05) is 26.0 Å². The van der Waals surface area contributed by atoms with E-state index in [1.807, 2.05) is 12.1 Å².